The van der Waals surface area contributed by atoms with E-state index in [-0.39, 0.29) is 6.04 Å². The van der Waals surface area contributed by atoms with Gasteiger partial charge >= 0.3 is 6.18 Å². The summed E-state index contributed by atoms with van der Waals surface area (Å²) in [6.07, 6.45) is -4.33. The first-order valence-electron chi connectivity index (χ1n) is 5.28. The molecule has 0 amide bonds. The summed E-state index contributed by atoms with van der Waals surface area (Å²) in [6.45, 7) is 0. The molecular formula is C12H10BrF3N2S. The van der Waals surface area contributed by atoms with E-state index in [0.29, 0.717) is 5.56 Å². The number of hydrogen-bond acceptors (Lipinski definition) is 3. The first-order chi connectivity index (χ1) is 8.93. The molecule has 0 aliphatic rings. The van der Waals surface area contributed by atoms with Crippen molar-refractivity contribution in [3.8, 4) is 0 Å². The Bertz CT molecular complexity index is 551. The van der Waals surface area contributed by atoms with Gasteiger partial charge in [-0.2, -0.15) is 24.5 Å². The highest BCUT2D eigenvalue weighted by atomic mass is 79.9. The summed E-state index contributed by atoms with van der Waals surface area (Å²) in [5.41, 5.74) is 3.52. The average molecular weight is 351 g/mol. The Balaban J connectivity index is 2.33. The molecule has 2 nitrogen and oxygen atoms in total. The predicted molar refractivity (Wildman–Crippen MR) is 72.6 cm³/mol. The number of rotatable bonds is 3. The standard InChI is InChI=1S/C12H10BrF3N2S/c13-10-6-19-5-9(10)11(18-17)7-1-3-8(4-2-7)12(14,15)16/h1-6,11,18H,17H2. The van der Waals surface area contributed by atoms with E-state index in [2.05, 4.69) is 21.4 Å². The smallest absolute Gasteiger partial charge is 0.271 e. The zero-order chi connectivity index (χ0) is 14.0. The molecule has 1 heterocycles. The van der Waals surface area contributed by atoms with Crippen LogP contribution in [0.1, 0.15) is 22.7 Å². The molecule has 2 aromatic rings. The van der Waals surface area contributed by atoms with Crippen LogP contribution in [0.5, 0.6) is 0 Å². The molecular weight excluding hydrogens is 341 g/mol. The van der Waals surface area contributed by atoms with Crippen LogP contribution in [0.4, 0.5) is 13.2 Å². The fraction of sp³-hybridized carbons (Fsp3) is 0.167. The second-order valence-electron chi connectivity index (χ2n) is 3.89. The number of thiophene rings is 1. The van der Waals surface area contributed by atoms with Crippen LogP contribution in [0.25, 0.3) is 0 Å². The van der Waals surface area contributed by atoms with Gasteiger partial charge in [-0.15, -0.1) is 0 Å². The van der Waals surface area contributed by atoms with E-state index in [4.69, 9.17) is 5.84 Å². The van der Waals surface area contributed by atoms with Crippen molar-refractivity contribution >= 4 is 27.3 Å². The first-order valence-corrected chi connectivity index (χ1v) is 7.02. The molecule has 0 aliphatic carbocycles. The number of hydrogen-bond donors (Lipinski definition) is 2. The second kappa shape index (κ2) is 5.62. The molecule has 0 saturated carbocycles. The zero-order valence-electron chi connectivity index (χ0n) is 9.54. The summed E-state index contributed by atoms with van der Waals surface area (Å²) >= 11 is 4.88. The topological polar surface area (TPSA) is 38.0 Å². The van der Waals surface area contributed by atoms with Gasteiger partial charge in [-0.05, 0) is 44.6 Å². The lowest BCUT2D eigenvalue weighted by Gasteiger charge is -2.17. The third-order valence-corrected chi connectivity index (χ3v) is 4.44. The van der Waals surface area contributed by atoms with Crippen LogP contribution in [0.3, 0.4) is 0 Å². The molecule has 19 heavy (non-hydrogen) atoms. The van der Waals surface area contributed by atoms with Crippen LogP contribution in [-0.4, -0.2) is 0 Å². The van der Waals surface area contributed by atoms with Crippen molar-refractivity contribution < 1.29 is 13.2 Å². The molecule has 0 bridgehead atoms. The lowest BCUT2D eigenvalue weighted by atomic mass is 10.0. The Morgan fingerprint density at radius 1 is 1.16 bits per heavy atom. The SMILES string of the molecule is NNC(c1ccc(C(F)(F)F)cc1)c1cscc1Br. The molecule has 2 rings (SSSR count). The van der Waals surface area contributed by atoms with Crippen LogP contribution in [0.15, 0.2) is 39.5 Å². The van der Waals surface area contributed by atoms with Gasteiger partial charge in [0.15, 0.2) is 0 Å². The van der Waals surface area contributed by atoms with Gasteiger partial charge in [0, 0.05) is 9.85 Å². The fourth-order valence-electron chi connectivity index (χ4n) is 1.73. The number of benzene rings is 1. The largest absolute Gasteiger partial charge is 0.416 e. The minimum absolute atomic E-state index is 0.345. The van der Waals surface area contributed by atoms with Crippen LogP contribution in [-0.2, 0) is 6.18 Å². The van der Waals surface area contributed by atoms with E-state index in [1.54, 1.807) is 0 Å². The maximum atomic E-state index is 12.5. The van der Waals surface area contributed by atoms with E-state index in [0.717, 1.165) is 22.2 Å². The Morgan fingerprint density at radius 2 is 1.79 bits per heavy atom. The summed E-state index contributed by atoms with van der Waals surface area (Å²) < 4.78 is 38.4. The Labute approximate surface area is 120 Å². The first kappa shape index (κ1) is 14.5. The predicted octanol–water partition coefficient (Wildman–Crippen LogP) is 4.08. The maximum absolute atomic E-state index is 12.5. The molecule has 1 aromatic carbocycles. The molecule has 0 aliphatic heterocycles. The summed E-state index contributed by atoms with van der Waals surface area (Å²) in [7, 11) is 0. The van der Waals surface area contributed by atoms with Crippen LogP contribution in [0.2, 0.25) is 0 Å². The van der Waals surface area contributed by atoms with Crippen molar-refractivity contribution in [2.45, 2.75) is 12.2 Å². The van der Waals surface area contributed by atoms with E-state index in [9.17, 15) is 13.2 Å². The normalized spacial score (nSPS) is 13.5. The Morgan fingerprint density at radius 3 is 2.21 bits per heavy atom. The van der Waals surface area contributed by atoms with Crippen molar-refractivity contribution in [3.63, 3.8) is 0 Å². The number of halogens is 4. The van der Waals surface area contributed by atoms with Crippen molar-refractivity contribution in [2.75, 3.05) is 0 Å². The van der Waals surface area contributed by atoms with E-state index in [1.165, 1.54) is 23.5 Å². The lowest BCUT2D eigenvalue weighted by Crippen LogP contribution is -2.28. The quantitative estimate of drug-likeness (QED) is 0.646. The van der Waals surface area contributed by atoms with E-state index in [1.807, 2.05) is 10.8 Å². The average Bonchev–Trinajstić information content (AvgIpc) is 2.76. The number of nitrogens with two attached hydrogens (primary N) is 1. The van der Waals surface area contributed by atoms with Gasteiger partial charge in [-0.1, -0.05) is 12.1 Å². The molecule has 1 atom stereocenters. The highest BCUT2D eigenvalue weighted by molar-refractivity contribution is 9.10. The molecule has 7 heteroatoms. The summed E-state index contributed by atoms with van der Waals surface area (Å²) in [6, 6.07) is 4.62. The molecule has 0 fully saturated rings. The monoisotopic (exact) mass is 350 g/mol. The third kappa shape index (κ3) is 3.17. The number of hydrazine groups is 1. The minimum atomic E-state index is -4.33. The van der Waals surface area contributed by atoms with Crippen molar-refractivity contribution in [1.82, 2.24) is 5.43 Å². The van der Waals surface area contributed by atoms with Crippen LogP contribution in [0, 0.1) is 0 Å². The van der Waals surface area contributed by atoms with Gasteiger partial charge in [0.05, 0.1) is 11.6 Å². The van der Waals surface area contributed by atoms with Gasteiger partial charge < -0.3 is 0 Å². The van der Waals surface area contributed by atoms with E-state index < -0.39 is 11.7 Å². The molecule has 3 N–H and O–H groups in total. The van der Waals surface area contributed by atoms with Crippen LogP contribution < -0.4 is 11.3 Å². The Hall–Kier alpha value is -0.890. The Kier molecular flexibility index (Phi) is 4.29. The third-order valence-electron chi connectivity index (χ3n) is 2.69. The molecule has 1 aromatic heterocycles. The number of alkyl halides is 3. The van der Waals surface area contributed by atoms with Crippen molar-refractivity contribution in [1.29, 1.82) is 0 Å². The number of nitrogens with one attached hydrogen (secondary N) is 1. The van der Waals surface area contributed by atoms with Gasteiger partial charge in [-0.25, -0.2) is 5.43 Å². The summed E-state index contributed by atoms with van der Waals surface area (Å²) in [5, 5.41) is 3.79. The fourth-order valence-corrected chi connectivity index (χ4v) is 3.28. The lowest BCUT2D eigenvalue weighted by molar-refractivity contribution is -0.137. The molecule has 0 saturated heterocycles. The second-order valence-corrected chi connectivity index (χ2v) is 5.49. The minimum Gasteiger partial charge on any atom is -0.271 e. The maximum Gasteiger partial charge on any atom is 0.416 e. The summed E-state index contributed by atoms with van der Waals surface area (Å²) in [4.78, 5) is 0. The molecule has 102 valence electrons. The molecule has 0 spiro atoms. The highest BCUT2D eigenvalue weighted by Gasteiger charge is 2.30. The zero-order valence-corrected chi connectivity index (χ0v) is 11.9. The summed E-state index contributed by atoms with van der Waals surface area (Å²) in [5.74, 6) is 5.50. The van der Waals surface area contributed by atoms with Gasteiger partial charge in [0.1, 0.15) is 0 Å². The highest BCUT2D eigenvalue weighted by Crippen LogP contribution is 2.33. The van der Waals surface area contributed by atoms with Gasteiger partial charge in [-0.3, -0.25) is 5.84 Å². The van der Waals surface area contributed by atoms with Crippen molar-refractivity contribution in [3.05, 3.63) is 56.2 Å². The van der Waals surface area contributed by atoms with E-state index >= 15 is 0 Å². The molecule has 1 unspecified atom stereocenters. The van der Waals surface area contributed by atoms with Gasteiger partial charge in [0.25, 0.3) is 0 Å². The molecule has 0 radical (unpaired) electrons. The van der Waals surface area contributed by atoms with Crippen molar-refractivity contribution in [2.24, 2.45) is 5.84 Å². The van der Waals surface area contributed by atoms with Crippen LogP contribution >= 0.6 is 27.3 Å². The van der Waals surface area contributed by atoms with Gasteiger partial charge in [0.2, 0.25) is 0 Å².